The van der Waals surface area contributed by atoms with E-state index in [4.69, 9.17) is 4.74 Å². The first-order valence-corrected chi connectivity index (χ1v) is 10.4. The molecule has 168 valence electrons. The Hall–Kier alpha value is -4.26. The molecule has 3 aromatic carbocycles. The van der Waals surface area contributed by atoms with Crippen LogP contribution in [0.4, 0.5) is 5.69 Å². The second-order valence-corrected chi connectivity index (χ2v) is 7.72. The highest BCUT2D eigenvalue weighted by molar-refractivity contribution is 6.03. The summed E-state index contributed by atoms with van der Waals surface area (Å²) in [5.41, 5.74) is 0.890. The Morgan fingerprint density at radius 3 is 2.36 bits per heavy atom. The first-order chi connectivity index (χ1) is 15.9. The molecule has 0 bridgehead atoms. The molecule has 1 atom stereocenters. The molecule has 0 saturated carbocycles. The van der Waals surface area contributed by atoms with Gasteiger partial charge in [0.1, 0.15) is 22.8 Å². The summed E-state index contributed by atoms with van der Waals surface area (Å²) < 4.78 is 6.54. The number of anilines is 1. The van der Waals surface area contributed by atoms with Crippen LogP contribution in [0.25, 0.3) is 10.9 Å². The minimum atomic E-state index is -0.650. The number of pyridine rings is 1. The fraction of sp³-hybridized carbons (Fsp3) is 0.154. The average molecular weight is 444 g/mol. The van der Waals surface area contributed by atoms with E-state index in [1.54, 1.807) is 80.9 Å². The molecule has 7 nitrogen and oxygen atoms in total. The quantitative estimate of drug-likeness (QED) is 0.366. The van der Waals surface area contributed by atoms with E-state index in [0.29, 0.717) is 27.9 Å². The number of nitrogens with zero attached hydrogens (tertiary/aromatic N) is 1. The Balaban J connectivity index is 1.74. The first-order valence-electron chi connectivity index (χ1n) is 10.4. The topological polar surface area (TPSA) is 101 Å². The summed E-state index contributed by atoms with van der Waals surface area (Å²) in [5, 5.41) is 24.9. The number of phenols is 1. The molecule has 0 unspecified atom stereocenters. The fourth-order valence-corrected chi connectivity index (χ4v) is 3.93. The van der Waals surface area contributed by atoms with Gasteiger partial charge in [-0.1, -0.05) is 30.3 Å². The summed E-state index contributed by atoms with van der Waals surface area (Å²) in [5.74, 6) is -0.167. The second kappa shape index (κ2) is 9.08. The number of Topliss-reactive ketones (excluding diaryl/α,β-unsaturated/α-hetero) is 1. The number of para-hydroxylation sites is 2. The molecule has 0 spiro atoms. The Morgan fingerprint density at radius 2 is 1.67 bits per heavy atom. The summed E-state index contributed by atoms with van der Waals surface area (Å²) in [4.78, 5) is 26.3. The first kappa shape index (κ1) is 22.0. The SMILES string of the molecule is COc1ccc(N[C@@H](CC(=O)c2c(O)c3ccccc3n(C)c2=O)c2ccccc2O)cc1. The maximum absolute atomic E-state index is 13.4. The molecule has 0 aliphatic heterocycles. The predicted octanol–water partition coefficient (Wildman–Crippen LogP) is 4.38. The monoisotopic (exact) mass is 444 g/mol. The Labute approximate surface area is 190 Å². The maximum Gasteiger partial charge on any atom is 0.265 e. The predicted molar refractivity (Wildman–Crippen MR) is 127 cm³/mol. The van der Waals surface area contributed by atoms with E-state index in [2.05, 4.69) is 5.32 Å². The van der Waals surface area contributed by atoms with Crippen LogP contribution in [-0.2, 0) is 7.05 Å². The third-order valence-electron chi connectivity index (χ3n) is 5.69. The van der Waals surface area contributed by atoms with Crippen molar-refractivity contribution in [1.82, 2.24) is 4.57 Å². The smallest absolute Gasteiger partial charge is 0.265 e. The van der Waals surface area contributed by atoms with Crippen molar-refractivity contribution in [3.8, 4) is 17.2 Å². The molecule has 0 radical (unpaired) electrons. The lowest BCUT2D eigenvalue weighted by Crippen LogP contribution is -2.26. The van der Waals surface area contributed by atoms with Crippen molar-refractivity contribution in [3.05, 3.63) is 94.3 Å². The van der Waals surface area contributed by atoms with Gasteiger partial charge in [-0.3, -0.25) is 9.59 Å². The molecule has 1 heterocycles. The average Bonchev–Trinajstić information content (AvgIpc) is 2.83. The van der Waals surface area contributed by atoms with Crippen molar-refractivity contribution in [1.29, 1.82) is 0 Å². The lowest BCUT2D eigenvalue weighted by Gasteiger charge is -2.21. The highest BCUT2D eigenvalue weighted by Gasteiger charge is 2.26. The number of carbonyl (C=O) groups excluding carboxylic acids is 1. The molecule has 33 heavy (non-hydrogen) atoms. The molecule has 4 rings (SSSR count). The summed E-state index contributed by atoms with van der Waals surface area (Å²) in [6.45, 7) is 0. The van der Waals surface area contributed by atoms with Gasteiger partial charge >= 0.3 is 0 Å². The summed E-state index contributed by atoms with van der Waals surface area (Å²) in [7, 11) is 3.14. The molecular weight excluding hydrogens is 420 g/mol. The van der Waals surface area contributed by atoms with Gasteiger partial charge in [-0.05, 0) is 42.5 Å². The zero-order chi connectivity index (χ0) is 23.5. The lowest BCUT2D eigenvalue weighted by atomic mass is 9.96. The van der Waals surface area contributed by atoms with Crippen LogP contribution in [0.2, 0.25) is 0 Å². The van der Waals surface area contributed by atoms with Crippen LogP contribution in [0.1, 0.15) is 28.4 Å². The van der Waals surface area contributed by atoms with Crippen LogP contribution in [-0.4, -0.2) is 27.7 Å². The number of aromatic hydroxyl groups is 2. The van der Waals surface area contributed by atoms with E-state index in [9.17, 15) is 19.8 Å². The molecule has 7 heteroatoms. The number of methoxy groups -OCH3 is 1. The van der Waals surface area contributed by atoms with Gasteiger partial charge in [-0.15, -0.1) is 0 Å². The number of rotatable bonds is 7. The van der Waals surface area contributed by atoms with Crippen LogP contribution < -0.4 is 15.6 Å². The van der Waals surface area contributed by atoms with Gasteiger partial charge in [0.15, 0.2) is 5.78 Å². The molecule has 0 fully saturated rings. The lowest BCUT2D eigenvalue weighted by molar-refractivity contribution is 0.0972. The van der Waals surface area contributed by atoms with Crippen molar-refractivity contribution >= 4 is 22.4 Å². The second-order valence-electron chi connectivity index (χ2n) is 7.72. The van der Waals surface area contributed by atoms with Gasteiger partial charge in [0.05, 0.1) is 18.7 Å². The van der Waals surface area contributed by atoms with Gasteiger partial charge in [0.25, 0.3) is 5.56 Å². The minimum absolute atomic E-state index is 0.0203. The number of benzene rings is 3. The minimum Gasteiger partial charge on any atom is -0.508 e. The molecule has 0 aliphatic carbocycles. The molecule has 0 saturated heterocycles. The van der Waals surface area contributed by atoms with E-state index >= 15 is 0 Å². The Morgan fingerprint density at radius 1 is 1.00 bits per heavy atom. The zero-order valence-corrected chi connectivity index (χ0v) is 18.3. The van der Waals surface area contributed by atoms with Crippen molar-refractivity contribution in [3.63, 3.8) is 0 Å². The van der Waals surface area contributed by atoms with Crippen molar-refractivity contribution in [2.24, 2.45) is 7.05 Å². The highest BCUT2D eigenvalue weighted by Crippen LogP contribution is 2.33. The number of hydrogen-bond donors (Lipinski definition) is 3. The van der Waals surface area contributed by atoms with Crippen LogP contribution in [0.5, 0.6) is 17.2 Å². The number of phenolic OH excluding ortho intramolecular Hbond substituents is 1. The largest absolute Gasteiger partial charge is 0.508 e. The number of aryl methyl sites for hydroxylation is 1. The van der Waals surface area contributed by atoms with Crippen molar-refractivity contribution in [2.75, 3.05) is 12.4 Å². The highest BCUT2D eigenvalue weighted by atomic mass is 16.5. The number of hydrogen-bond acceptors (Lipinski definition) is 6. The molecule has 3 N–H and O–H groups in total. The maximum atomic E-state index is 13.4. The number of aromatic nitrogens is 1. The van der Waals surface area contributed by atoms with E-state index in [0.717, 1.165) is 0 Å². The summed E-state index contributed by atoms with van der Waals surface area (Å²) >= 11 is 0. The van der Waals surface area contributed by atoms with E-state index in [1.165, 1.54) is 10.6 Å². The standard InChI is InChI=1S/C26H24N2O5/c1-28-21-9-5-3-8-19(21)25(31)24(26(28)32)23(30)15-20(18-7-4-6-10-22(18)29)27-16-11-13-17(33-2)14-12-16/h3-14,20,27,29,31H,15H2,1-2H3/t20-/m0/s1. The number of fused-ring (bicyclic) bond motifs is 1. The number of nitrogens with one attached hydrogen (secondary N) is 1. The van der Waals surface area contributed by atoms with Gasteiger partial charge in [0.2, 0.25) is 0 Å². The molecule has 0 aliphatic rings. The normalized spacial score (nSPS) is 11.8. The van der Waals surface area contributed by atoms with Gasteiger partial charge < -0.3 is 24.8 Å². The zero-order valence-electron chi connectivity index (χ0n) is 18.3. The van der Waals surface area contributed by atoms with Gasteiger partial charge in [0, 0.05) is 30.1 Å². The Bertz CT molecular complexity index is 1380. The van der Waals surface area contributed by atoms with Gasteiger partial charge in [-0.2, -0.15) is 0 Å². The van der Waals surface area contributed by atoms with E-state index < -0.39 is 17.4 Å². The van der Waals surface area contributed by atoms with Crippen LogP contribution in [0.3, 0.4) is 0 Å². The molecule has 4 aromatic rings. The number of ether oxygens (including phenoxy) is 1. The third-order valence-corrected chi connectivity index (χ3v) is 5.69. The Kier molecular flexibility index (Phi) is 6.04. The van der Waals surface area contributed by atoms with Gasteiger partial charge in [-0.25, -0.2) is 0 Å². The van der Waals surface area contributed by atoms with Crippen LogP contribution in [0.15, 0.2) is 77.6 Å². The fourth-order valence-electron chi connectivity index (χ4n) is 3.93. The van der Waals surface area contributed by atoms with E-state index in [-0.39, 0.29) is 23.5 Å². The van der Waals surface area contributed by atoms with Crippen molar-refractivity contribution in [2.45, 2.75) is 12.5 Å². The number of ketones is 1. The summed E-state index contributed by atoms with van der Waals surface area (Å²) in [6, 6.07) is 20.0. The van der Waals surface area contributed by atoms with Crippen LogP contribution >= 0.6 is 0 Å². The molecule has 1 aromatic heterocycles. The summed E-state index contributed by atoms with van der Waals surface area (Å²) in [6.07, 6.45) is -0.162. The third kappa shape index (κ3) is 4.25. The molecular formula is C26H24N2O5. The number of carbonyl (C=O) groups is 1. The van der Waals surface area contributed by atoms with Crippen molar-refractivity contribution < 1.29 is 19.7 Å². The van der Waals surface area contributed by atoms with Crippen LogP contribution in [0, 0.1) is 0 Å². The van der Waals surface area contributed by atoms with E-state index in [1.807, 2.05) is 0 Å². The molecule has 0 amide bonds.